The van der Waals surface area contributed by atoms with Crippen LogP contribution in [0, 0.1) is 6.92 Å². The van der Waals surface area contributed by atoms with Gasteiger partial charge in [0.1, 0.15) is 0 Å². The van der Waals surface area contributed by atoms with E-state index < -0.39 is 0 Å². The highest BCUT2D eigenvalue weighted by atomic mass is 35.5. The largest absolute Gasteiger partial charge is 0.356 e. The van der Waals surface area contributed by atoms with Gasteiger partial charge in [-0.25, -0.2) is 4.99 Å². The first-order valence-electron chi connectivity index (χ1n) is 4.22. The molecule has 0 aromatic carbocycles. The van der Waals surface area contributed by atoms with Crippen LogP contribution in [0.4, 0.5) is 0 Å². The number of hydrogen-bond acceptors (Lipinski definition) is 1. The van der Waals surface area contributed by atoms with Gasteiger partial charge >= 0.3 is 0 Å². The molecule has 2 nitrogen and oxygen atoms in total. The van der Waals surface area contributed by atoms with Crippen LogP contribution in [0.3, 0.4) is 0 Å². The van der Waals surface area contributed by atoms with Crippen LogP contribution < -0.4 is 0 Å². The predicted molar refractivity (Wildman–Crippen MR) is 57.5 cm³/mol. The van der Waals surface area contributed by atoms with Gasteiger partial charge in [-0.05, 0) is 25.0 Å². The van der Waals surface area contributed by atoms with Crippen LogP contribution in [-0.2, 0) is 6.42 Å². The molecule has 3 heteroatoms. The molecule has 1 aromatic heterocycles. The maximum absolute atomic E-state index is 5.93. The molecule has 1 aromatic rings. The van der Waals surface area contributed by atoms with Crippen LogP contribution in [0.5, 0.6) is 0 Å². The maximum atomic E-state index is 5.93. The van der Waals surface area contributed by atoms with E-state index in [4.69, 9.17) is 11.6 Å². The molecule has 0 atom stereocenters. The van der Waals surface area contributed by atoms with Gasteiger partial charge in [-0.3, -0.25) is 0 Å². The van der Waals surface area contributed by atoms with Crippen molar-refractivity contribution in [1.82, 2.24) is 4.98 Å². The Morgan fingerprint density at radius 2 is 2.46 bits per heavy atom. The highest BCUT2D eigenvalue weighted by Crippen LogP contribution is 2.13. The van der Waals surface area contributed by atoms with Crippen molar-refractivity contribution in [3.05, 3.63) is 35.8 Å². The second-order valence-corrected chi connectivity index (χ2v) is 3.17. The second kappa shape index (κ2) is 4.28. The number of H-pyrrole nitrogens is 1. The number of aromatic nitrogens is 1. The molecule has 1 N–H and O–H groups in total. The zero-order valence-corrected chi connectivity index (χ0v) is 8.65. The van der Waals surface area contributed by atoms with Crippen molar-refractivity contribution in [2.24, 2.45) is 4.99 Å². The average Bonchev–Trinajstić information content (AvgIpc) is 2.47. The number of hydrogen-bond donors (Lipinski definition) is 1. The summed E-state index contributed by atoms with van der Waals surface area (Å²) in [5.74, 6) is 0. The molecule has 1 heterocycles. The summed E-state index contributed by atoms with van der Waals surface area (Å²) < 4.78 is 0. The molecular formula is C10H13ClN2. The lowest BCUT2D eigenvalue weighted by atomic mass is 10.2. The summed E-state index contributed by atoms with van der Waals surface area (Å²) in [4.78, 5) is 7.12. The topological polar surface area (TPSA) is 28.1 Å². The second-order valence-electron chi connectivity index (χ2n) is 2.81. The molecule has 0 spiro atoms. The third-order valence-corrected chi connectivity index (χ3v) is 2.15. The highest BCUT2D eigenvalue weighted by Gasteiger charge is 2.06. The fraction of sp³-hybridized carbons (Fsp3) is 0.300. The van der Waals surface area contributed by atoms with E-state index in [0.717, 1.165) is 17.7 Å². The summed E-state index contributed by atoms with van der Waals surface area (Å²) in [6.07, 6.45) is 2.41. The molecule has 13 heavy (non-hydrogen) atoms. The Balaban J connectivity index is 3.06. The van der Waals surface area contributed by atoms with Gasteiger partial charge in [0.15, 0.2) is 5.17 Å². The van der Waals surface area contributed by atoms with E-state index in [-0.39, 0.29) is 0 Å². The van der Waals surface area contributed by atoms with Gasteiger partial charge in [0, 0.05) is 11.9 Å². The Morgan fingerprint density at radius 1 is 1.77 bits per heavy atom. The molecule has 0 aliphatic rings. The standard InChI is InChI=1S/C10H13ClN2/c1-4-8-6-7(3)9(13-8)10(11)12-5-2/h5-6,13H,2,4H2,1,3H3. The van der Waals surface area contributed by atoms with Crippen molar-refractivity contribution in [2.75, 3.05) is 0 Å². The van der Waals surface area contributed by atoms with E-state index in [0.29, 0.717) is 5.17 Å². The van der Waals surface area contributed by atoms with Crippen molar-refractivity contribution < 1.29 is 0 Å². The number of nitrogens with zero attached hydrogens (tertiary/aromatic N) is 1. The molecular weight excluding hydrogens is 184 g/mol. The molecule has 1 rings (SSSR count). The van der Waals surface area contributed by atoms with E-state index >= 15 is 0 Å². The van der Waals surface area contributed by atoms with Crippen molar-refractivity contribution in [3.63, 3.8) is 0 Å². The fourth-order valence-corrected chi connectivity index (χ4v) is 1.44. The Labute approximate surface area is 83.3 Å². The van der Waals surface area contributed by atoms with Crippen LogP contribution in [0.15, 0.2) is 23.8 Å². The molecule has 0 radical (unpaired) electrons. The highest BCUT2D eigenvalue weighted by molar-refractivity contribution is 6.69. The number of aromatic amines is 1. The smallest absolute Gasteiger partial charge is 0.152 e. The number of aryl methyl sites for hydroxylation is 2. The van der Waals surface area contributed by atoms with Gasteiger partial charge < -0.3 is 4.98 Å². The van der Waals surface area contributed by atoms with Crippen molar-refractivity contribution in [2.45, 2.75) is 20.3 Å². The van der Waals surface area contributed by atoms with E-state index in [1.54, 1.807) is 0 Å². The van der Waals surface area contributed by atoms with Gasteiger partial charge in [0.2, 0.25) is 0 Å². The van der Waals surface area contributed by atoms with Gasteiger partial charge in [-0.1, -0.05) is 25.1 Å². The van der Waals surface area contributed by atoms with Gasteiger partial charge in [0.25, 0.3) is 0 Å². The van der Waals surface area contributed by atoms with Crippen molar-refractivity contribution >= 4 is 16.8 Å². The third kappa shape index (κ3) is 2.22. The summed E-state index contributed by atoms with van der Waals surface area (Å²) in [7, 11) is 0. The first-order chi connectivity index (χ1) is 6.19. The minimum Gasteiger partial charge on any atom is -0.356 e. The molecule has 0 aliphatic heterocycles. The minimum atomic E-state index is 0.465. The van der Waals surface area contributed by atoms with Crippen molar-refractivity contribution in [3.8, 4) is 0 Å². The Kier molecular flexibility index (Phi) is 3.32. The van der Waals surface area contributed by atoms with Gasteiger partial charge in [0.05, 0.1) is 5.69 Å². The molecule has 0 saturated carbocycles. The Bertz CT molecular complexity index is 337. The summed E-state index contributed by atoms with van der Waals surface area (Å²) >= 11 is 5.93. The molecule has 0 saturated heterocycles. The molecule has 0 fully saturated rings. The molecule has 0 unspecified atom stereocenters. The lowest BCUT2D eigenvalue weighted by Crippen LogP contribution is -1.93. The van der Waals surface area contributed by atoms with Crippen LogP contribution in [0.2, 0.25) is 0 Å². The van der Waals surface area contributed by atoms with Gasteiger partial charge in [-0.2, -0.15) is 0 Å². The quantitative estimate of drug-likeness (QED) is 0.720. The van der Waals surface area contributed by atoms with Gasteiger partial charge in [-0.15, -0.1) is 0 Å². The molecule has 0 aliphatic carbocycles. The maximum Gasteiger partial charge on any atom is 0.152 e. The average molecular weight is 197 g/mol. The predicted octanol–water partition coefficient (Wildman–Crippen LogP) is 3.01. The molecule has 70 valence electrons. The summed E-state index contributed by atoms with van der Waals surface area (Å²) in [6.45, 7) is 7.59. The van der Waals surface area contributed by atoms with Crippen LogP contribution in [0.25, 0.3) is 0 Å². The SMILES string of the molecule is C=CN=C(Cl)c1[nH]c(CC)cc1C. The normalized spacial score (nSPS) is 11.8. The summed E-state index contributed by atoms with van der Waals surface area (Å²) in [5.41, 5.74) is 3.18. The Hall–Kier alpha value is -1.02. The van der Waals surface area contributed by atoms with E-state index in [1.165, 1.54) is 11.9 Å². The van der Waals surface area contributed by atoms with E-state index in [9.17, 15) is 0 Å². The van der Waals surface area contributed by atoms with E-state index in [1.807, 2.05) is 6.92 Å². The van der Waals surface area contributed by atoms with Crippen LogP contribution in [-0.4, -0.2) is 10.2 Å². The van der Waals surface area contributed by atoms with E-state index in [2.05, 4.69) is 29.5 Å². The first-order valence-corrected chi connectivity index (χ1v) is 4.60. The summed E-state index contributed by atoms with van der Waals surface area (Å²) in [5, 5.41) is 0.465. The van der Waals surface area contributed by atoms with Crippen molar-refractivity contribution in [1.29, 1.82) is 0 Å². The third-order valence-electron chi connectivity index (χ3n) is 1.86. The number of nitrogens with one attached hydrogen (secondary N) is 1. The lowest BCUT2D eigenvalue weighted by molar-refractivity contribution is 1.06. The zero-order chi connectivity index (χ0) is 9.84. The zero-order valence-electron chi connectivity index (χ0n) is 7.89. The minimum absolute atomic E-state index is 0.465. The summed E-state index contributed by atoms with van der Waals surface area (Å²) in [6, 6.07) is 2.08. The Morgan fingerprint density at radius 3 is 2.92 bits per heavy atom. The fourth-order valence-electron chi connectivity index (χ4n) is 1.18. The lowest BCUT2D eigenvalue weighted by Gasteiger charge is -1.94. The molecule has 0 amide bonds. The monoisotopic (exact) mass is 196 g/mol. The van der Waals surface area contributed by atoms with Crippen LogP contribution >= 0.6 is 11.6 Å². The number of rotatable bonds is 3. The van der Waals surface area contributed by atoms with Crippen LogP contribution in [0.1, 0.15) is 23.9 Å². The first kappa shape index (κ1) is 10.1. The molecule has 0 bridgehead atoms. The number of aliphatic imine (C=N–C) groups is 1. The number of halogens is 1.